The van der Waals surface area contributed by atoms with Crippen molar-refractivity contribution < 1.29 is 19.4 Å². The number of likely N-dealkylation sites (tertiary alicyclic amines) is 1. The lowest BCUT2D eigenvalue weighted by atomic mass is 9.94. The fourth-order valence-electron chi connectivity index (χ4n) is 3.52. The quantitative estimate of drug-likeness (QED) is 0.317. The van der Waals surface area contributed by atoms with Crippen molar-refractivity contribution in [2.24, 2.45) is 0 Å². The van der Waals surface area contributed by atoms with E-state index in [1.165, 1.54) is 4.90 Å². The largest absolute Gasteiger partial charge is 0.465 e. The summed E-state index contributed by atoms with van der Waals surface area (Å²) in [5.74, 6) is 0. The van der Waals surface area contributed by atoms with E-state index in [2.05, 4.69) is 55.1 Å². The smallest absolute Gasteiger partial charge is 0.407 e. The summed E-state index contributed by atoms with van der Waals surface area (Å²) in [6.45, 7) is 11.6. The van der Waals surface area contributed by atoms with Gasteiger partial charge < -0.3 is 30.6 Å². The predicted octanol–water partition coefficient (Wildman–Crippen LogP) is 4.73. The SMILES string of the molecule is CC(C)(C)[Si](C)(C)O[C@H]1CCCN(C(=O)O)[C@@H]1CC(O)CNc1ccc(Br)cc1N. The Bertz CT molecular complexity index is 741. The van der Waals surface area contributed by atoms with Gasteiger partial charge >= 0.3 is 6.09 Å². The molecule has 1 aliphatic rings. The number of nitrogen functional groups attached to an aromatic ring is 1. The number of hydrogen-bond acceptors (Lipinski definition) is 5. The summed E-state index contributed by atoms with van der Waals surface area (Å²) >= 11 is 3.38. The summed E-state index contributed by atoms with van der Waals surface area (Å²) in [5, 5.41) is 23.6. The minimum atomic E-state index is -2.07. The van der Waals surface area contributed by atoms with Crippen molar-refractivity contribution in [1.82, 2.24) is 4.90 Å². The average molecular weight is 503 g/mol. The number of amides is 1. The van der Waals surface area contributed by atoms with Crippen LogP contribution in [0.25, 0.3) is 0 Å². The lowest BCUT2D eigenvalue weighted by Crippen LogP contribution is -2.57. The second-order valence-corrected chi connectivity index (χ2v) is 15.3. The summed E-state index contributed by atoms with van der Waals surface area (Å²) < 4.78 is 7.49. The molecule has 0 aromatic heterocycles. The number of rotatable bonds is 7. The van der Waals surface area contributed by atoms with Crippen molar-refractivity contribution in [2.75, 3.05) is 24.1 Å². The molecule has 0 bridgehead atoms. The van der Waals surface area contributed by atoms with E-state index < -0.39 is 20.5 Å². The Labute approximate surface area is 189 Å². The third kappa shape index (κ3) is 6.35. The summed E-state index contributed by atoms with van der Waals surface area (Å²) in [6.07, 6.45) is -0.00531. The van der Waals surface area contributed by atoms with Gasteiger partial charge in [0.05, 0.1) is 29.6 Å². The number of carbonyl (C=O) groups is 1. The molecule has 2 rings (SSSR count). The lowest BCUT2D eigenvalue weighted by molar-refractivity contribution is 0.00118. The van der Waals surface area contributed by atoms with E-state index in [9.17, 15) is 15.0 Å². The molecule has 1 aromatic carbocycles. The standard InChI is InChI=1S/C21H36BrN3O4Si/c1-21(2,3)30(4,5)29-19-7-6-10-25(20(27)28)18(19)12-15(26)13-24-17-9-8-14(22)11-16(17)23/h8-9,11,15,18-19,24,26H,6-7,10,12-13,23H2,1-5H3,(H,27,28)/t15?,18-,19+/m1/s1. The molecule has 1 unspecified atom stereocenters. The lowest BCUT2D eigenvalue weighted by Gasteiger charge is -2.46. The van der Waals surface area contributed by atoms with Gasteiger partial charge in [0.1, 0.15) is 0 Å². The van der Waals surface area contributed by atoms with E-state index >= 15 is 0 Å². The van der Waals surface area contributed by atoms with Crippen LogP contribution in [0.2, 0.25) is 18.1 Å². The van der Waals surface area contributed by atoms with Gasteiger partial charge in [-0.25, -0.2) is 4.79 Å². The first-order chi connectivity index (χ1) is 13.8. The zero-order valence-electron chi connectivity index (χ0n) is 18.6. The van der Waals surface area contributed by atoms with Crippen LogP contribution in [0.15, 0.2) is 22.7 Å². The van der Waals surface area contributed by atoms with E-state index in [1.54, 1.807) is 6.07 Å². The number of halogens is 1. The number of carboxylic acid groups (broad SMARTS) is 1. The summed E-state index contributed by atoms with van der Waals surface area (Å²) in [7, 11) is -2.07. The van der Waals surface area contributed by atoms with Crippen molar-refractivity contribution in [2.45, 2.75) is 76.4 Å². The van der Waals surface area contributed by atoms with Gasteiger partial charge in [0.25, 0.3) is 0 Å². The topological polar surface area (TPSA) is 108 Å². The Morgan fingerprint density at radius 2 is 2.10 bits per heavy atom. The number of anilines is 2. The van der Waals surface area contributed by atoms with Gasteiger partial charge in [-0.3, -0.25) is 0 Å². The Balaban J connectivity index is 2.10. The number of nitrogens with two attached hydrogens (primary N) is 1. The van der Waals surface area contributed by atoms with Crippen LogP contribution >= 0.6 is 15.9 Å². The Kier molecular flexibility index (Phi) is 8.23. The summed E-state index contributed by atoms with van der Waals surface area (Å²) in [5.41, 5.74) is 7.33. The van der Waals surface area contributed by atoms with E-state index in [4.69, 9.17) is 10.2 Å². The fourth-order valence-corrected chi connectivity index (χ4v) is 5.28. The zero-order valence-corrected chi connectivity index (χ0v) is 21.2. The summed E-state index contributed by atoms with van der Waals surface area (Å²) in [6, 6.07) is 5.15. The molecule has 0 aliphatic carbocycles. The molecule has 5 N–H and O–H groups in total. The minimum Gasteiger partial charge on any atom is -0.465 e. The molecule has 0 saturated carbocycles. The third-order valence-electron chi connectivity index (χ3n) is 6.27. The molecule has 30 heavy (non-hydrogen) atoms. The van der Waals surface area contributed by atoms with Crippen LogP contribution in [0.4, 0.5) is 16.2 Å². The molecular weight excluding hydrogens is 466 g/mol. The number of nitrogens with one attached hydrogen (secondary N) is 1. The van der Waals surface area contributed by atoms with E-state index in [1.807, 2.05) is 12.1 Å². The van der Waals surface area contributed by atoms with Gasteiger partial charge in [-0.2, -0.15) is 0 Å². The van der Waals surface area contributed by atoms with Crippen molar-refractivity contribution in [3.05, 3.63) is 22.7 Å². The molecule has 1 saturated heterocycles. The normalized spacial score (nSPS) is 21.4. The number of nitrogens with zero attached hydrogens (tertiary/aromatic N) is 1. The molecule has 0 spiro atoms. The minimum absolute atomic E-state index is 0.0301. The number of aliphatic hydroxyl groups excluding tert-OH is 1. The second kappa shape index (κ2) is 9.89. The van der Waals surface area contributed by atoms with Crippen molar-refractivity contribution >= 4 is 41.7 Å². The van der Waals surface area contributed by atoms with E-state index in [-0.39, 0.29) is 23.7 Å². The highest BCUT2D eigenvalue weighted by atomic mass is 79.9. The maximum Gasteiger partial charge on any atom is 0.407 e. The fraction of sp³-hybridized carbons (Fsp3) is 0.667. The van der Waals surface area contributed by atoms with Gasteiger partial charge in [-0.05, 0) is 55.6 Å². The Hall–Kier alpha value is -1.29. The average Bonchev–Trinajstić information content (AvgIpc) is 2.61. The summed E-state index contributed by atoms with van der Waals surface area (Å²) in [4.78, 5) is 13.3. The maximum absolute atomic E-state index is 11.9. The first-order valence-corrected chi connectivity index (χ1v) is 14.2. The van der Waals surface area contributed by atoms with Crippen LogP contribution in [-0.2, 0) is 4.43 Å². The highest BCUT2D eigenvalue weighted by Gasteiger charge is 2.44. The molecule has 3 atom stereocenters. The predicted molar refractivity (Wildman–Crippen MR) is 127 cm³/mol. The molecule has 9 heteroatoms. The number of benzene rings is 1. The zero-order chi connectivity index (χ0) is 22.7. The maximum atomic E-state index is 11.9. The molecule has 1 aromatic rings. The Morgan fingerprint density at radius 1 is 1.43 bits per heavy atom. The monoisotopic (exact) mass is 501 g/mol. The van der Waals surface area contributed by atoms with Crippen LogP contribution < -0.4 is 11.1 Å². The van der Waals surface area contributed by atoms with Gasteiger partial charge in [0.15, 0.2) is 8.32 Å². The number of hydrogen-bond donors (Lipinski definition) is 4. The van der Waals surface area contributed by atoms with E-state index in [0.29, 0.717) is 18.7 Å². The molecular formula is C21H36BrN3O4Si. The number of aliphatic hydroxyl groups is 1. The Morgan fingerprint density at radius 3 is 2.67 bits per heavy atom. The van der Waals surface area contributed by atoms with Gasteiger partial charge in [-0.15, -0.1) is 0 Å². The first-order valence-electron chi connectivity index (χ1n) is 10.5. The molecule has 0 radical (unpaired) electrons. The first kappa shape index (κ1) is 25.0. The van der Waals surface area contributed by atoms with Crippen molar-refractivity contribution in [1.29, 1.82) is 0 Å². The number of piperidine rings is 1. The highest BCUT2D eigenvalue weighted by molar-refractivity contribution is 9.10. The van der Waals surface area contributed by atoms with Crippen LogP contribution in [0.5, 0.6) is 0 Å². The molecule has 1 fully saturated rings. The van der Waals surface area contributed by atoms with Crippen LogP contribution in [0.1, 0.15) is 40.0 Å². The van der Waals surface area contributed by atoms with Crippen LogP contribution in [-0.4, -0.2) is 60.9 Å². The molecule has 7 nitrogen and oxygen atoms in total. The molecule has 1 aliphatic heterocycles. The molecule has 1 heterocycles. The van der Waals surface area contributed by atoms with Crippen molar-refractivity contribution in [3.63, 3.8) is 0 Å². The third-order valence-corrected chi connectivity index (χ3v) is 11.3. The highest BCUT2D eigenvalue weighted by Crippen LogP contribution is 2.39. The van der Waals surface area contributed by atoms with E-state index in [0.717, 1.165) is 23.0 Å². The molecule has 170 valence electrons. The van der Waals surface area contributed by atoms with Gasteiger partial charge in [0.2, 0.25) is 0 Å². The molecule has 1 amide bonds. The van der Waals surface area contributed by atoms with Gasteiger partial charge in [-0.1, -0.05) is 36.7 Å². The van der Waals surface area contributed by atoms with Crippen molar-refractivity contribution in [3.8, 4) is 0 Å². The van der Waals surface area contributed by atoms with Gasteiger partial charge in [0, 0.05) is 17.6 Å². The van der Waals surface area contributed by atoms with Crippen LogP contribution in [0.3, 0.4) is 0 Å². The second-order valence-electron chi connectivity index (χ2n) is 9.60. The van der Waals surface area contributed by atoms with Crippen LogP contribution in [0, 0.1) is 0 Å².